The van der Waals surface area contributed by atoms with Crippen molar-refractivity contribution in [2.75, 3.05) is 0 Å². The molecule has 0 aliphatic heterocycles. The molecule has 0 saturated carbocycles. The van der Waals surface area contributed by atoms with Gasteiger partial charge < -0.3 is 0 Å². The van der Waals surface area contributed by atoms with Crippen molar-refractivity contribution in [3.63, 3.8) is 0 Å². The topological polar surface area (TPSA) is 0 Å². The van der Waals surface area contributed by atoms with E-state index in [1.54, 1.807) is 0 Å². The van der Waals surface area contributed by atoms with Gasteiger partial charge in [-0.15, -0.1) is 0 Å². The second-order valence-electron chi connectivity index (χ2n) is 7.54. The molecule has 0 saturated heterocycles. The maximum absolute atomic E-state index is 2.46. The van der Waals surface area contributed by atoms with E-state index in [-0.39, 0.29) is 0 Å². The summed E-state index contributed by atoms with van der Waals surface area (Å²) in [6.45, 7) is 11.9. The van der Waals surface area contributed by atoms with Crippen LogP contribution in [-0.2, 0) is 0 Å². The number of unbranched alkanes of at least 4 members (excludes halogenated alkanes) is 7. The van der Waals surface area contributed by atoms with E-state index >= 15 is 0 Å². The van der Waals surface area contributed by atoms with Crippen molar-refractivity contribution in [3.8, 4) is 0 Å². The summed E-state index contributed by atoms with van der Waals surface area (Å²) in [6.07, 6.45) is 17.3. The maximum atomic E-state index is 2.46. The van der Waals surface area contributed by atoms with Crippen molar-refractivity contribution in [1.82, 2.24) is 0 Å². The lowest BCUT2D eigenvalue weighted by atomic mass is 9.87. The number of rotatable bonds is 14. The van der Waals surface area contributed by atoms with Crippen LogP contribution in [0.2, 0.25) is 0 Å². The Morgan fingerprint density at radius 1 is 0.500 bits per heavy atom. The predicted molar refractivity (Wildman–Crippen MR) is 94.2 cm³/mol. The molecular weight excluding hydrogens is 240 g/mol. The third-order valence-corrected chi connectivity index (χ3v) is 4.93. The molecule has 122 valence electrons. The summed E-state index contributed by atoms with van der Waals surface area (Å²) in [5.41, 5.74) is 0. The average molecular weight is 283 g/mol. The van der Waals surface area contributed by atoms with Crippen LogP contribution < -0.4 is 0 Å². The van der Waals surface area contributed by atoms with Gasteiger partial charge in [-0.2, -0.15) is 0 Å². The highest BCUT2D eigenvalue weighted by Gasteiger charge is 2.10. The van der Waals surface area contributed by atoms with Crippen LogP contribution in [0.1, 0.15) is 112 Å². The summed E-state index contributed by atoms with van der Waals surface area (Å²) in [4.78, 5) is 0. The quantitative estimate of drug-likeness (QED) is 0.287. The maximum Gasteiger partial charge on any atom is -0.0417 e. The molecule has 0 spiro atoms. The van der Waals surface area contributed by atoms with E-state index in [9.17, 15) is 0 Å². The van der Waals surface area contributed by atoms with E-state index in [0.29, 0.717) is 0 Å². The second kappa shape index (κ2) is 14.0. The van der Waals surface area contributed by atoms with Gasteiger partial charge in [0.1, 0.15) is 0 Å². The van der Waals surface area contributed by atoms with Crippen LogP contribution in [-0.4, -0.2) is 0 Å². The van der Waals surface area contributed by atoms with Crippen LogP contribution in [0, 0.1) is 17.8 Å². The molecule has 0 rings (SSSR count). The smallest absolute Gasteiger partial charge is 0.0417 e. The van der Waals surface area contributed by atoms with Gasteiger partial charge in [-0.25, -0.2) is 0 Å². The summed E-state index contributed by atoms with van der Waals surface area (Å²) in [6, 6.07) is 0. The zero-order chi connectivity index (χ0) is 15.2. The highest BCUT2D eigenvalue weighted by molar-refractivity contribution is 4.62. The SMILES string of the molecule is CCCCC(C)C(C)CCCCCCCCCC(C)C. The molecule has 0 heteroatoms. The Balaban J connectivity index is 3.26. The Labute approximate surface area is 130 Å². The molecule has 20 heavy (non-hydrogen) atoms. The van der Waals surface area contributed by atoms with Crippen molar-refractivity contribution in [3.05, 3.63) is 0 Å². The standard InChI is InChI=1S/C20H42/c1-6-7-16-19(4)20(5)17-14-12-10-8-9-11-13-15-18(2)3/h18-20H,6-17H2,1-5H3. The molecule has 2 unspecified atom stereocenters. The summed E-state index contributed by atoms with van der Waals surface area (Å²) in [5.74, 6) is 2.77. The molecule has 0 aromatic heterocycles. The van der Waals surface area contributed by atoms with Crippen LogP contribution in [0.4, 0.5) is 0 Å². The Kier molecular flexibility index (Phi) is 14.0. The van der Waals surface area contributed by atoms with Crippen molar-refractivity contribution in [2.24, 2.45) is 17.8 Å². The molecule has 0 radical (unpaired) electrons. The summed E-state index contributed by atoms with van der Waals surface area (Å²) in [7, 11) is 0. The van der Waals surface area contributed by atoms with Gasteiger partial charge in [-0.05, 0) is 17.8 Å². The molecule has 0 aliphatic carbocycles. The Morgan fingerprint density at radius 3 is 1.35 bits per heavy atom. The van der Waals surface area contributed by atoms with Gasteiger partial charge in [-0.3, -0.25) is 0 Å². The molecule has 0 aromatic carbocycles. The molecule has 0 fully saturated rings. The normalized spacial score (nSPS) is 14.7. The average Bonchev–Trinajstić information content (AvgIpc) is 2.42. The third kappa shape index (κ3) is 13.0. The zero-order valence-electron chi connectivity index (χ0n) is 15.2. The van der Waals surface area contributed by atoms with Crippen molar-refractivity contribution in [1.29, 1.82) is 0 Å². The molecule has 0 aromatic rings. The van der Waals surface area contributed by atoms with Gasteiger partial charge in [-0.1, -0.05) is 112 Å². The van der Waals surface area contributed by atoms with E-state index in [0.717, 1.165) is 17.8 Å². The highest BCUT2D eigenvalue weighted by Crippen LogP contribution is 2.23. The van der Waals surface area contributed by atoms with Crippen LogP contribution in [0.5, 0.6) is 0 Å². The highest BCUT2D eigenvalue weighted by atomic mass is 14.2. The predicted octanol–water partition coefficient (Wildman–Crippen LogP) is 7.62. The number of hydrogen-bond donors (Lipinski definition) is 0. The first-order chi connectivity index (χ1) is 9.57. The minimum Gasteiger partial charge on any atom is -0.0654 e. The van der Waals surface area contributed by atoms with Gasteiger partial charge in [0.05, 0.1) is 0 Å². The molecule has 0 amide bonds. The molecule has 2 atom stereocenters. The Hall–Kier alpha value is 0. The van der Waals surface area contributed by atoms with Gasteiger partial charge in [0.2, 0.25) is 0 Å². The van der Waals surface area contributed by atoms with Gasteiger partial charge in [0, 0.05) is 0 Å². The Bertz CT molecular complexity index is 182. The molecule has 0 aliphatic rings. The summed E-state index contributed by atoms with van der Waals surface area (Å²) >= 11 is 0. The fourth-order valence-corrected chi connectivity index (χ4v) is 3.00. The zero-order valence-corrected chi connectivity index (χ0v) is 15.2. The van der Waals surface area contributed by atoms with Gasteiger partial charge in [0.15, 0.2) is 0 Å². The minimum absolute atomic E-state index is 0.895. The lowest BCUT2D eigenvalue weighted by Gasteiger charge is -2.19. The van der Waals surface area contributed by atoms with Crippen molar-refractivity contribution in [2.45, 2.75) is 112 Å². The number of hydrogen-bond acceptors (Lipinski definition) is 0. The summed E-state index contributed by atoms with van der Waals surface area (Å²) < 4.78 is 0. The summed E-state index contributed by atoms with van der Waals surface area (Å²) in [5, 5.41) is 0. The third-order valence-electron chi connectivity index (χ3n) is 4.93. The van der Waals surface area contributed by atoms with Gasteiger partial charge >= 0.3 is 0 Å². The fourth-order valence-electron chi connectivity index (χ4n) is 3.00. The lowest BCUT2D eigenvalue weighted by Crippen LogP contribution is -2.07. The van der Waals surface area contributed by atoms with Crippen molar-refractivity contribution >= 4 is 0 Å². The second-order valence-corrected chi connectivity index (χ2v) is 7.54. The molecular formula is C20H42. The largest absolute Gasteiger partial charge is 0.0654 e. The molecule has 0 N–H and O–H groups in total. The van der Waals surface area contributed by atoms with Crippen LogP contribution in [0.25, 0.3) is 0 Å². The van der Waals surface area contributed by atoms with E-state index in [1.165, 1.54) is 77.0 Å². The van der Waals surface area contributed by atoms with E-state index in [2.05, 4.69) is 34.6 Å². The molecule has 0 bridgehead atoms. The first-order valence-electron chi connectivity index (χ1n) is 9.57. The van der Waals surface area contributed by atoms with Crippen LogP contribution >= 0.6 is 0 Å². The lowest BCUT2D eigenvalue weighted by molar-refractivity contribution is 0.325. The first-order valence-corrected chi connectivity index (χ1v) is 9.57. The van der Waals surface area contributed by atoms with Crippen LogP contribution in [0.15, 0.2) is 0 Å². The fraction of sp³-hybridized carbons (Fsp3) is 1.00. The molecule has 0 nitrogen and oxygen atoms in total. The first kappa shape index (κ1) is 20.0. The van der Waals surface area contributed by atoms with Crippen molar-refractivity contribution < 1.29 is 0 Å². The van der Waals surface area contributed by atoms with E-state index in [1.807, 2.05) is 0 Å². The van der Waals surface area contributed by atoms with Crippen LogP contribution in [0.3, 0.4) is 0 Å². The molecule has 0 heterocycles. The Morgan fingerprint density at radius 2 is 0.900 bits per heavy atom. The monoisotopic (exact) mass is 282 g/mol. The van der Waals surface area contributed by atoms with E-state index in [4.69, 9.17) is 0 Å². The van der Waals surface area contributed by atoms with Gasteiger partial charge in [0.25, 0.3) is 0 Å². The van der Waals surface area contributed by atoms with E-state index < -0.39 is 0 Å². The minimum atomic E-state index is 0.895.